The minimum Gasteiger partial charge on any atom is -0.495 e. The normalized spacial score (nSPS) is 18.7. The Labute approximate surface area is 133 Å². The highest BCUT2D eigenvalue weighted by molar-refractivity contribution is 6.32. The van der Waals surface area contributed by atoms with Gasteiger partial charge in [-0.25, -0.2) is 4.79 Å². The van der Waals surface area contributed by atoms with Gasteiger partial charge < -0.3 is 19.9 Å². The van der Waals surface area contributed by atoms with Crippen LogP contribution in [0.2, 0.25) is 5.02 Å². The van der Waals surface area contributed by atoms with Gasteiger partial charge >= 0.3 is 5.97 Å². The second-order valence-corrected chi connectivity index (χ2v) is 5.54. The fourth-order valence-electron chi connectivity index (χ4n) is 2.30. The second-order valence-electron chi connectivity index (χ2n) is 5.13. The van der Waals surface area contributed by atoms with Crippen molar-refractivity contribution in [2.75, 3.05) is 20.3 Å². The molecule has 1 aromatic rings. The molecule has 2 atom stereocenters. The van der Waals surface area contributed by atoms with E-state index >= 15 is 0 Å². The van der Waals surface area contributed by atoms with E-state index in [-0.39, 0.29) is 18.2 Å². The summed E-state index contributed by atoms with van der Waals surface area (Å²) in [5, 5.41) is 12.3. The maximum absolute atomic E-state index is 12.0. The molecule has 1 aliphatic rings. The lowest BCUT2D eigenvalue weighted by Gasteiger charge is -2.17. The summed E-state index contributed by atoms with van der Waals surface area (Å²) in [6.07, 6.45) is 0.769. The van der Waals surface area contributed by atoms with Crippen LogP contribution in [0.4, 0.5) is 0 Å². The molecule has 0 bridgehead atoms. The number of aliphatic carboxylic acids is 1. The molecule has 120 valence electrons. The second kappa shape index (κ2) is 7.47. The summed E-state index contributed by atoms with van der Waals surface area (Å²) in [5.74, 6) is -1.13. The fourth-order valence-corrected chi connectivity index (χ4v) is 2.58. The van der Waals surface area contributed by atoms with Crippen LogP contribution in [0.15, 0.2) is 18.2 Å². The van der Waals surface area contributed by atoms with Gasteiger partial charge in [0.25, 0.3) is 0 Å². The van der Waals surface area contributed by atoms with Gasteiger partial charge in [0.15, 0.2) is 0 Å². The van der Waals surface area contributed by atoms with Crippen LogP contribution in [0, 0.1) is 5.92 Å². The summed E-state index contributed by atoms with van der Waals surface area (Å²) >= 11 is 6.03. The Kier molecular flexibility index (Phi) is 5.63. The van der Waals surface area contributed by atoms with E-state index in [4.69, 9.17) is 21.1 Å². The average molecular weight is 328 g/mol. The van der Waals surface area contributed by atoms with E-state index in [1.54, 1.807) is 18.2 Å². The lowest BCUT2D eigenvalue weighted by molar-refractivity contribution is -0.142. The van der Waals surface area contributed by atoms with E-state index in [0.29, 0.717) is 36.0 Å². The lowest BCUT2D eigenvalue weighted by Crippen LogP contribution is -2.45. The van der Waals surface area contributed by atoms with Gasteiger partial charge in [-0.2, -0.15) is 0 Å². The summed E-state index contributed by atoms with van der Waals surface area (Å²) in [7, 11) is 1.50. The number of carbonyl (C=O) groups excluding carboxylic acids is 1. The molecule has 0 aromatic heterocycles. The first-order valence-electron chi connectivity index (χ1n) is 6.94. The van der Waals surface area contributed by atoms with Gasteiger partial charge in [-0.15, -0.1) is 0 Å². The van der Waals surface area contributed by atoms with Gasteiger partial charge in [0.1, 0.15) is 11.8 Å². The van der Waals surface area contributed by atoms with Gasteiger partial charge in [0.2, 0.25) is 5.91 Å². The quantitative estimate of drug-likeness (QED) is 0.827. The van der Waals surface area contributed by atoms with Crippen molar-refractivity contribution in [1.29, 1.82) is 0 Å². The first kappa shape index (κ1) is 16.6. The molecule has 1 aliphatic heterocycles. The molecular weight excluding hydrogens is 310 g/mol. The molecule has 0 radical (unpaired) electrons. The minimum absolute atomic E-state index is 0.151. The van der Waals surface area contributed by atoms with Crippen LogP contribution in [0.25, 0.3) is 0 Å². The number of nitrogens with one attached hydrogen (secondary N) is 1. The third kappa shape index (κ3) is 4.11. The van der Waals surface area contributed by atoms with Gasteiger partial charge in [-0.3, -0.25) is 4.79 Å². The summed E-state index contributed by atoms with van der Waals surface area (Å²) in [6, 6.07) is 4.04. The molecular formula is C15H18ClNO5. The number of rotatable bonds is 6. The third-order valence-electron chi connectivity index (χ3n) is 3.57. The summed E-state index contributed by atoms with van der Waals surface area (Å²) in [5.41, 5.74) is 0.709. The number of carboxylic acid groups (broad SMARTS) is 1. The zero-order valence-corrected chi connectivity index (χ0v) is 12.9. The van der Waals surface area contributed by atoms with Crippen molar-refractivity contribution < 1.29 is 24.2 Å². The Hall–Kier alpha value is -1.79. The van der Waals surface area contributed by atoms with Crippen molar-refractivity contribution in [2.45, 2.75) is 18.9 Å². The van der Waals surface area contributed by atoms with Gasteiger partial charge in [-0.1, -0.05) is 17.7 Å². The molecule has 2 N–H and O–H groups in total. The van der Waals surface area contributed by atoms with E-state index in [2.05, 4.69) is 5.32 Å². The van der Waals surface area contributed by atoms with Crippen LogP contribution in [0.1, 0.15) is 12.0 Å². The van der Waals surface area contributed by atoms with Crippen molar-refractivity contribution in [1.82, 2.24) is 5.32 Å². The van der Waals surface area contributed by atoms with Gasteiger partial charge in [0.05, 0.1) is 24.7 Å². The number of ether oxygens (including phenoxy) is 2. The van der Waals surface area contributed by atoms with Crippen molar-refractivity contribution in [3.63, 3.8) is 0 Å². The highest BCUT2D eigenvalue weighted by Gasteiger charge is 2.28. The van der Waals surface area contributed by atoms with Crippen molar-refractivity contribution >= 4 is 23.5 Å². The maximum atomic E-state index is 12.0. The molecule has 1 fully saturated rings. The Morgan fingerprint density at radius 1 is 1.55 bits per heavy atom. The average Bonchev–Trinajstić information content (AvgIpc) is 3.01. The van der Waals surface area contributed by atoms with Gasteiger partial charge in [0, 0.05) is 13.0 Å². The smallest absolute Gasteiger partial charge is 0.326 e. The van der Waals surface area contributed by atoms with E-state index in [9.17, 15) is 14.7 Å². The molecule has 2 rings (SSSR count). The monoisotopic (exact) mass is 327 g/mol. The van der Waals surface area contributed by atoms with Crippen molar-refractivity contribution in [2.24, 2.45) is 5.92 Å². The van der Waals surface area contributed by atoms with Crippen LogP contribution >= 0.6 is 11.6 Å². The molecule has 7 heteroatoms. The molecule has 0 saturated carbocycles. The third-order valence-corrected chi connectivity index (χ3v) is 3.87. The predicted octanol–water partition coefficient (Wildman–Crippen LogP) is 1.50. The summed E-state index contributed by atoms with van der Waals surface area (Å²) < 4.78 is 10.2. The largest absolute Gasteiger partial charge is 0.495 e. The molecule has 6 nitrogen and oxygen atoms in total. The van der Waals surface area contributed by atoms with E-state index < -0.39 is 12.0 Å². The van der Waals surface area contributed by atoms with Crippen LogP contribution in [-0.2, 0) is 20.7 Å². The number of methoxy groups -OCH3 is 1. The first-order valence-corrected chi connectivity index (χ1v) is 7.32. The summed E-state index contributed by atoms with van der Waals surface area (Å²) in [6.45, 7) is 0.871. The van der Waals surface area contributed by atoms with E-state index in [1.807, 2.05) is 0 Å². The Balaban J connectivity index is 2.03. The van der Waals surface area contributed by atoms with E-state index in [0.717, 1.165) is 0 Å². The zero-order valence-electron chi connectivity index (χ0n) is 12.2. The highest BCUT2D eigenvalue weighted by atomic mass is 35.5. The number of amides is 1. The number of carbonyl (C=O) groups is 2. The summed E-state index contributed by atoms with van der Waals surface area (Å²) in [4.78, 5) is 23.4. The number of carboxylic acids is 1. The first-order chi connectivity index (χ1) is 10.5. The van der Waals surface area contributed by atoms with Crippen molar-refractivity contribution in [3.05, 3.63) is 28.8 Å². The molecule has 1 amide bonds. The number of halogens is 1. The molecule has 0 aliphatic carbocycles. The minimum atomic E-state index is -1.08. The van der Waals surface area contributed by atoms with Crippen LogP contribution in [0.3, 0.4) is 0 Å². The Morgan fingerprint density at radius 3 is 2.86 bits per heavy atom. The van der Waals surface area contributed by atoms with Crippen LogP contribution < -0.4 is 10.1 Å². The molecule has 1 heterocycles. The molecule has 0 unspecified atom stereocenters. The van der Waals surface area contributed by atoms with E-state index in [1.165, 1.54) is 7.11 Å². The fraction of sp³-hybridized carbons (Fsp3) is 0.467. The zero-order chi connectivity index (χ0) is 16.1. The van der Waals surface area contributed by atoms with Crippen LogP contribution in [0.5, 0.6) is 5.75 Å². The Morgan fingerprint density at radius 2 is 2.32 bits per heavy atom. The Bertz CT molecular complexity index is 557. The lowest BCUT2D eigenvalue weighted by atomic mass is 10.0. The molecule has 22 heavy (non-hydrogen) atoms. The molecule has 0 spiro atoms. The van der Waals surface area contributed by atoms with Gasteiger partial charge in [-0.05, 0) is 24.1 Å². The van der Waals surface area contributed by atoms with Crippen molar-refractivity contribution in [3.8, 4) is 5.75 Å². The number of benzene rings is 1. The standard InChI is InChI=1S/C15H18ClNO5/c1-21-13-3-2-9(6-11(13)16)7-12(15(19)20)17-14(18)10-4-5-22-8-10/h2-3,6,10,12H,4-5,7-8H2,1H3,(H,17,18)(H,19,20)/t10-,12+/m1/s1. The topological polar surface area (TPSA) is 84.9 Å². The van der Waals surface area contributed by atoms with Crippen LogP contribution in [-0.4, -0.2) is 43.3 Å². The molecule has 1 saturated heterocycles. The molecule has 1 aromatic carbocycles. The highest BCUT2D eigenvalue weighted by Crippen LogP contribution is 2.25. The number of hydrogen-bond acceptors (Lipinski definition) is 4. The maximum Gasteiger partial charge on any atom is 0.326 e. The SMILES string of the molecule is COc1ccc(C[C@H](NC(=O)[C@@H]2CCOC2)C(=O)O)cc1Cl. The number of hydrogen-bond donors (Lipinski definition) is 2. The predicted molar refractivity (Wildman–Crippen MR) is 80.2 cm³/mol.